The van der Waals surface area contributed by atoms with Crippen LogP contribution in [-0.2, 0) is 14.3 Å². The zero-order chi connectivity index (χ0) is 11.8. The van der Waals surface area contributed by atoms with Crippen LogP contribution >= 0.6 is 0 Å². The van der Waals surface area contributed by atoms with E-state index in [0.717, 1.165) is 0 Å². The Kier molecular flexibility index (Phi) is 7.34. The number of nitrogens with one attached hydrogen (secondary N) is 1. The first kappa shape index (κ1) is 14.4. The van der Waals surface area contributed by atoms with Crippen molar-refractivity contribution in [1.82, 2.24) is 5.32 Å². The molecule has 1 atom stereocenters. The van der Waals surface area contributed by atoms with Crippen LogP contribution in [0.25, 0.3) is 0 Å². The van der Waals surface area contributed by atoms with Gasteiger partial charge < -0.3 is 14.8 Å². The summed E-state index contributed by atoms with van der Waals surface area (Å²) in [5.74, 6) is 0.271. The lowest BCUT2D eigenvalue weighted by molar-refractivity contribution is -0.128. The average Bonchev–Trinajstić information content (AvgIpc) is 2.14. The molecule has 0 spiro atoms. The SMILES string of the molecule is COCC(NC(=O)COC(C)C)C(C)C. The van der Waals surface area contributed by atoms with E-state index in [1.54, 1.807) is 7.11 Å². The molecule has 0 aliphatic rings. The molecule has 0 aliphatic carbocycles. The van der Waals surface area contributed by atoms with Crippen molar-refractivity contribution >= 4 is 5.91 Å². The summed E-state index contributed by atoms with van der Waals surface area (Å²) in [5.41, 5.74) is 0. The smallest absolute Gasteiger partial charge is 0.246 e. The molecule has 1 N–H and O–H groups in total. The summed E-state index contributed by atoms with van der Waals surface area (Å²) >= 11 is 0. The van der Waals surface area contributed by atoms with Crippen molar-refractivity contribution in [2.45, 2.75) is 39.8 Å². The minimum Gasteiger partial charge on any atom is -0.383 e. The van der Waals surface area contributed by atoms with Crippen molar-refractivity contribution in [3.8, 4) is 0 Å². The summed E-state index contributed by atoms with van der Waals surface area (Å²) in [6.45, 7) is 8.56. The van der Waals surface area contributed by atoms with E-state index < -0.39 is 0 Å². The number of rotatable bonds is 7. The third-order valence-corrected chi connectivity index (χ3v) is 2.05. The lowest BCUT2D eigenvalue weighted by atomic mass is 10.1. The molecule has 4 heteroatoms. The van der Waals surface area contributed by atoms with Gasteiger partial charge in [0.2, 0.25) is 5.91 Å². The van der Waals surface area contributed by atoms with Gasteiger partial charge in [0.15, 0.2) is 0 Å². The first-order valence-corrected chi connectivity index (χ1v) is 5.37. The number of amides is 1. The van der Waals surface area contributed by atoms with Gasteiger partial charge in [0, 0.05) is 7.11 Å². The van der Waals surface area contributed by atoms with E-state index in [1.807, 2.05) is 27.7 Å². The first-order chi connectivity index (χ1) is 6.97. The molecule has 0 saturated heterocycles. The summed E-state index contributed by atoms with van der Waals surface area (Å²) in [6.07, 6.45) is 0.0793. The molecule has 0 aromatic rings. The predicted octanol–water partition coefficient (Wildman–Crippen LogP) is 1.20. The molecule has 0 aromatic carbocycles. The van der Waals surface area contributed by atoms with Crippen LogP contribution < -0.4 is 5.32 Å². The second-order valence-corrected chi connectivity index (χ2v) is 4.23. The van der Waals surface area contributed by atoms with Crippen molar-refractivity contribution in [3.63, 3.8) is 0 Å². The second kappa shape index (κ2) is 7.65. The highest BCUT2D eigenvalue weighted by Crippen LogP contribution is 2.01. The Morgan fingerprint density at radius 1 is 1.27 bits per heavy atom. The fourth-order valence-electron chi connectivity index (χ4n) is 1.07. The van der Waals surface area contributed by atoms with Crippen LogP contribution in [0.4, 0.5) is 0 Å². The molecule has 0 radical (unpaired) electrons. The Hall–Kier alpha value is -0.610. The van der Waals surface area contributed by atoms with E-state index in [4.69, 9.17) is 9.47 Å². The van der Waals surface area contributed by atoms with Crippen LogP contribution in [0.1, 0.15) is 27.7 Å². The Bertz CT molecular complexity index is 181. The van der Waals surface area contributed by atoms with Crippen molar-refractivity contribution in [1.29, 1.82) is 0 Å². The molecule has 4 nitrogen and oxygen atoms in total. The average molecular weight is 217 g/mol. The molecule has 90 valence electrons. The lowest BCUT2D eigenvalue weighted by Gasteiger charge is -2.21. The van der Waals surface area contributed by atoms with E-state index in [2.05, 4.69) is 5.32 Å². The highest BCUT2D eigenvalue weighted by atomic mass is 16.5. The van der Waals surface area contributed by atoms with Crippen LogP contribution in [-0.4, -0.2) is 38.4 Å². The number of ether oxygens (including phenoxy) is 2. The molecule has 1 amide bonds. The Morgan fingerprint density at radius 2 is 1.87 bits per heavy atom. The fourth-order valence-corrected chi connectivity index (χ4v) is 1.07. The highest BCUT2D eigenvalue weighted by molar-refractivity contribution is 5.77. The van der Waals surface area contributed by atoms with Crippen LogP contribution in [0.2, 0.25) is 0 Å². The Balaban J connectivity index is 3.89. The molecule has 0 heterocycles. The van der Waals surface area contributed by atoms with Crippen molar-refractivity contribution in [3.05, 3.63) is 0 Å². The first-order valence-electron chi connectivity index (χ1n) is 5.37. The van der Waals surface area contributed by atoms with Gasteiger partial charge in [0.05, 0.1) is 18.8 Å². The molecule has 1 unspecified atom stereocenters. The Labute approximate surface area is 92.3 Å². The highest BCUT2D eigenvalue weighted by Gasteiger charge is 2.15. The van der Waals surface area contributed by atoms with Crippen LogP contribution in [0.5, 0.6) is 0 Å². The molecule has 0 aliphatic heterocycles. The third-order valence-electron chi connectivity index (χ3n) is 2.05. The van der Waals surface area contributed by atoms with Gasteiger partial charge in [-0.25, -0.2) is 0 Å². The molecule has 0 aromatic heterocycles. The van der Waals surface area contributed by atoms with Crippen LogP contribution in [0, 0.1) is 5.92 Å². The summed E-state index contributed by atoms with van der Waals surface area (Å²) in [6, 6.07) is 0.0539. The van der Waals surface area contributed by atoms with Gasteiger partial charge in [-0.15, -0.1) is 0 Å². The van der Waals surface area contributed by atoms with E-state index >= 15 is 0 Å². The lowest BCUT2D eigenvalue weighted by Crippen LogP contribution is -2.43. The molecular weight excluding hydrogens is 194 g/mol. The number of carbonyl (C=O) groups excluding carboxylic acids is 1. The van der Waals surface area contributed by atoms with Gasteiger partial charge in [0.1, 0.15) is 6.61 Å². The third kappa shape index (κ3) is 7.33. The molecular formula is C11H23NO3. The van der Waals surface area contributed by atoms with Crippen molar-refractivity contribution in [2.24, 2.45) is 5.92 Å². The van der Waals surface area contributed by atoms with Crippen LogP contribution in [0.3, 0.4) is 0 Å². The summed E-state index contributed by atoms with van der Waals surface area (Å²) < 4.78 is 10.2. The van der Waals surface area contributed by atoms with Gasteiger partial charge in [-0.3, -0.25) is 4.79 Å². The number of carbonyl (C=O) groups is 1. The summed E-state index contributed by atoms with van der Waals surface area (Å²) in [5, 5.41) is 2.88. The van der Waals surface area contributed by atoms with Gasteiger partial charge in [-0.05, 0) is 19.8 Å². The number of methoxy groups -OCH3 is 1. The predicted molar refractivity (Wildman–Crippen MR) is 59.7 cm³/mol. The van der Waals surface area contributed by atoms with E-state index in [1.165, 1.54) is 0 Å². The molecule has 15 heavy (non-hydrogen) atoms. The summed E-state index contributed by atoms with van der Waals surface area (Å²) in [4.78, 5) is 11.4. The van der Waals surface area contributed by atoms with Crippen molar-refractivity contribution in [2.75, 3.05) is 20.3 Å². The van der Waals surface area contributed by atoms with Crippen molar-refractivity contribution < 1.29 is 14.3 Å². The Morgan fingerprint density at radius 3 is 2.27 bits per heavy atom. The maximum absolute atomic E-state index is 11.4. The molecule has 0 fully saturated rings. The normalized spacial score (nSPS) is 13.3. The van der Waals surface area contributed by atoms with E-state index in [0.29, 0.717) is 12.5 Å². The van der Waals surface area contributed by atoms with Crippen LogP contribution in [0.15, 0.2) is 0 Å². The fraction of sp³-hybridized carbons (Fsp3) is 0.909. The second-order valence-electron chi connectivity index (χ2n) is 4.23. The van der Waals surface area contributed by atoms with Gasteiger partial charge in [0.25, 0.3) is 0 Å². The maximum Gasteiger partial charge on any atom is 0.246 e. The van der Waals surface area contributed by atoms with Gasteiger partial charge in [-0.1, -0.05) is 13.8 Å². The summed E-state index contributed by atoms with van der Waals surface area (Å²) in [7, 11) is 1.63. The quantitative estimate of drug-likeness (QED) is 0.697. The van der Waals surface area contributed by atoms with E-state index in [-0.39, 0.29) is 24.7 Å². The standard InChI is InChI=1S/C11H23NO3/c1-8(2)10(6-14-5)12-11(13)7-15-9(3)4/h8-10H,6-7H2,1-5H3,(H,12,13). The van der Waals surface area contributed by atoms with Gasteiger partial charge >= 0.3 is 0 Å². The molecule has 0 rings (SSSR count). The zero-order valence-electron chi connectivity index (χ0n) is 10.4. The zero-order valence-corrected chi connectivity index (χ0v) is 10.4. The number of hydrogen-bond acceptors (Lipinski definition) is 3. The minimum atomic E-state index is -0.0838. The monoisotopic (exact) mass is 217 g/mol. The molecule has 0 bridgehead atoms. The number of hydrogen-bond donors (Lipinski definition) is 1. The topological polar surface area (TPSA) is 47.6 Å². The largest absolute Gasteiger partial charge is 0.383 e. The molecule has 0 saturated carbocycles. The van der Waals surface area contributed by atoms with Gasteiger partial charge in [-0.2, -0.15) is 0 Å². The maximum atomic E-state index is 11.4. The van der Waals surface area contributed by atoms with E-state index in [9.17, 15) is 4.79 Å². The minimum absolute atomic E-state index is 0.0539.